The van der Waals surface area contributed by atoms with Gasteiger partial charge in [-0.05, 0) is 44.7 Å². The predicted molar refractivity (Wildman–Crippen MR) is 97.1 cm³/mol. The summed E-state index contributed by atoms with van der Waals surface area (Å²) in [6.07, 6.45) is 3.25. The molecule has 2 N–H and O–H groups in total. The predicted octanol–water partition coefficient (Wildman–Crippen LogP) is 2.16. The van der Waals surface area contributed by atoms with Crippen LogP contribution in [0.2, 0.25) is 0 Å². The summed E-state index contributed by atoms with van der Waals surface area (Å²) in [5, 5.41) is 17.3. The minimum atomic E-state index is -0.456. The highest BCUT2D eigenvalue weighted by molar-refractivity contribution is 5.96. The van der Waals surface area contributed by atoms with Crippen LogP contribution in [0.4, 0.5) is 11.4 Å². The van der Waals surface area contributed by atoms with Gasteiger partial charge < -0.3 is 15.5 Å². The average Bonchev–Trinajstić information content (AvgIpc) is 3.45. The van der Waals surface area contributed by atoms with Crippen LogP contribution in [0, 0.1) is 16.0 Å². The number of hydrogen-bond donors (Lipinski definition) is 2. The standard InChI is InChI=1S/C18H24N4O4/c1-2-19-17(23)12-7-9-21(10-8-12)18(24)13-3-6-15(20-14-4-5-14)16(11-13)22(25)26/h3,6,11-12,14,20H,2,4-5,7-10H2,1H3,(H,19,23). The molecule has 0 bridgehead atoms. The molecule has 0 aromatic heterocycles. The highest BCUT2D eigenvalue weighted by Crippen LogP contribution is 2.32. The van der Waals surface area contributed by atoms with Crippen LogP contribution in [-0.4, -0.2) is 47.3 Å². The lowest BCUT2D eigenvalue weighted by molar-refractivity contribution is -0.384. The van der Waals surface area contributed by atoms with E-state index in [0.29, 0.717) is 49.8 Å². The van der Waals surface area contributed by atoms with E-state index in [1.165, 1.54) is 6.07 Å². The lowest BCUT2D eigenvalue weighted by Gasteiger charge is -2.31. The molecule has 1 saturated carbocycles. The Morgan fingerprint density at radius 2 is 1.92 bits per heavy atom. The number of benzene rings is 1. The third kappa shape index (κ3) is 4.12. The first kappa shape index (κ1) is 18.2. The zero-order chi connectivity index (χ0) is 18.7. The molecular weight excluding hydrogens is 336 g/mol. The number of likely N-dealkylation sites (tertiary alicyclic amines) is 1. The van der Waals surface area contributed by atoms with Crippen LogP contribution in [0.3, 0.4) is 0 Å². The Hall–Kier alpha value is -2.64. The van der Waals surface area contributed by atoms with E-state index in [1.54, 1.807) is 17.0 Å². The molecule has 2 amide bonds. The Bertz CT molecular complexity index is 709. The molecule has 1 aliphatic heterocycles. The quantitative estimate of drug-likeness (QED) is 0.597. The molecule has 0 radical (unpaired) electrons. The monoisotopic (exact) mass is 360 g/mol. The number of anilines is 1. The molecule has 26 heavy (non-hydrogen) atoms. The van der Waals surface area contributed by atoms with Crippen molar-refractivity contribution >= 4 is 23.2 Å². The van der Waals surface area contributed by atoms with E-state index in [-0.39, 0.29) is 23.4 Å². The maximum atomic E-state index is 12.7. The number of carbonyl (C=O) groups excluding carboxylic acids is 2. The van der Waals surface area contributed by atoms with Gasteiger partial charge in [-0.3, -0.25) is 19.7 Å². The van der Waals surface area contributed by atoms with Crippen LogP contribution in [0.1, 0.15) is 43.0 Å². The van der Waals surface area contributed by atoms with Crippen molar-refractivity contribution in [1.29, 1.82) is 0 Å². The zero-order valence-corrected chi connectivity index (χ0v) is 14.9. The van der Waals surface area contributed by atoms with Gasteiger partial charge in [0.15, 0.2) is 0 Å². The number of carbonyl (C=O) groups is 2. The fourth-order valence-corrected chi connectivity index (χ4v) is 3.23. The first-order valence-corrected chi connectivity index (χ1v) is 9.11. The van der Waals surface area contributed by atoms with E-state index in [1.807, 2.05) is 6.92 Å². The third-order valence-electron chi connectivity index (χ3n) is 4.88. The molecule has 1 saturated heterocycles. The topological polar surface area (TPSA) is 105 Å². The summed E-state index contributed by atoms with van der Waals surface area (Å²) in [5.74, 6) is -0.260. The number of piperidine rings is 1. The lowest BCUT2D eigenvalue weighted by atomic mass is 9.95. The summed E-state index contributed by atoms with van der Waals surface area (Å²) < 4.78 is 0. The van der Waals surface area contributed by atoms with Gasteiger partial charge in [-0.25, -0.2) is 0 Å². The van der Waals surface area contributed by atoms with Crippen LogP contribution < -0.4 is 10.6 Å². The molecule has 3 rings (SSSR count). The van der Waals surface area contributed by atoms with Crippen molar-refractivity contribution < 1.29 is 14.5 Å². The van der Waals surface area contributed by atoms with Gasteiger partial charge in [-0.2, -0.15) is 0 Å². The van der Waals surface area contributed by atoms with Gasteiger partial charge in [0.25, 0.3) is 11.6 Å². The van der Waals surface area contributed by atoms with Gasteiger partial charge in [-0.1, -0.05) is 0 Å². The van der Waals surface area contributed by atoms with E-state index in [4.69, 9.17) is 0 Å². The smallest absolute Gasteiger partial charge is 0.293 e. The number of hydrogen-bond acceptors (Lipinski definition) is 5. The fraction of sp³-hybridized carbons (Fsp3) is 0.556. The van der Waals surface area contributed by atoms with Gasteiger partial charge in [0.2, 0.25) is 5.91 Å². The number of nitrogens with one attached hydrogen (secondary N) is 2. The molecule has 0 spiro atoms. The number of nitro benzene ring substituents is 1. The molecule has 8 heteroatoms. The molecule has 1 heterocycles. The molecule has 2 fully saturated rings. The Morgan fingerprint density at radius 3 is 2.50 bits per heavy atom. The van der Waals surface area contributed by atoms with Crippen molar-refractivity contribution in [3.63, 3.8) is 0 Å². The van der Waals surface area contributed by atoms with E-state index < -0.39 is 4.92 Å². The van der Waals surface area contributed by atoms with Crippen molar-refractivity contribution in [1.82, 2.24) is 10.2 Å². The Morgan fingerprint density at radius 1 is 1.23 bits per heavy atom. The second-order valence-corrected chi connectivity index (χ2v) is 6.87. The molecule has 1 aliphatic carbocycles. The second-order valence-electron chi connectivity index (χ2n) is 6.87. The minimum absolute atomic E-state index is 0.0331. The lowest BCUT2D eigenvalue weighted by Crippen LogP contribution is -2.43. The number of nitro groups is 1. The average molecular weight is 360 g/mol. The minimum Gasteiger partial charge on any atom is -0.377 e. The van der Waals surface area contributed by atoms with Crippen molar-refractivity contribution in [3.05, 3.63) is 33.9 Å². The Labute approximate surface area is 152 Å². The van der Waals surface area contributed by atoms with E-state index in [0.717, 1.165) is 12.8 Å². The van der Waals surface area contributed by atoms with Crippen LogP contribution in [0.5, 0.6) is 0 Å². The Kier molecular flexibility index (Phi) is 5.39. The number of nitrogens with zero attached hydrogens (tertiary/aromatic N) is 2. The summed E-state index contributed by atoms with van der Waals surface area (Å²) in [6.45, 7) is 3.45. The normalized spacial score (nSPS) is 17.7. The van der Waals surface area contributed by atoms with Crippen LogP contribution >= 0.6 is 0 Å². The van der Waals surface area contributed by atoms with Crippen LogP contribution in [-0.2, 0) is 4.79 Å². The molecule has 2 aliphatic rings. The SMILES string of the molecule is CCNC(=O)C1CCN(C(=O)c2ccc(NC3CC3)c([N+](=O)[O-])c2)CC1. The van der Waals surface area contributed by atoms with E-state index >= 15 is 0 Å². The molecule has 140 valence electrons. The van der Waals surface area contributed by atoms with E-state index in [9.17, 15) is 19.7 Å². The van der Waals surface area contributed by atoms with Gasteiger partial charge in [0.1, 0.15) is 5.69 Å². The van der Waals surface area contributed by atoms with Crippen molar-refractivity contribution in [2.75, 3.05) is 25.0 Å². The van der Waals surface area contributed by atoms with Crippen molar-refractivity contribution in [3.8, 4) is 0 Å². The number of rotatable bonds is 6. The largest absolute Gasteiger partial charge is 0.377 e. The molecule has 1 aromatic rings. The van der Waals surface area contributed by atoms with Crippen molar-refractivity contribution in [2.24, 2.45) is 5.92 Å². The Balaban J connectivity index is 1.67. The summed E-state index contributed by atoms with van der Waals surface area (Å²) in [5.41, 5.74) is 0.707. The summed E-state index contributed by atoms with van der Waals surface area (Å²) in [7, 11) is 0. The maximum absolute atomic E-state index is 12.7. The summed E-state index contributed by atoms with van der Waals surface area (Å²) >= 11 is 0. The highest BCUT2D eigenvalue weighted by atomic mass is 16.6. The zero-order valence-electron chi connectivity index (χ0n) is 14.9. The third-order valence-corrected chi connectivity index (χ3v) is 4.88. The first-order valence-electron chi connectivity index (χ1n) is 9.11. The maximum Gasteiger partial charge on any atom is 0.293 e. The fourth-order valence-electron chi connectivity index (χ4n) is 3.23. The van der Waals surface area contributed by atoms with E-state index in [2.05, 4.69) is 10.6 Å². The van der Waals surface area contributed by atoms with Crippen molar-refractivity contribution in [2.45, 2.75) is 38.6 Å². The molecule has 0 unspecified atom stereocenters. The van der Waals surface area contributed by atoms with Gasteiger partial charge in [0.05, 0.1) is 4.92 Å². The van der Waals surface area contributed by atoms with Gasteiger partial charge in [0, 0.05) is 43.2 Å². The van der Waals surface area contributed by atoms with Gasteiger partial charge >= 0.3 is 0 Å². The summed E-state index contributed by atoms with van der Waals surface area (Å²) in [4.78, 5) is 37.2. The highest BCUT2D eigenvalue weighted by Gasteiger charge is 2.29. The van der Waals surface area contributed by atoms with Crippen LogP contribution in [0.15, 0.2) is 18.2 Å². The molecular formula is C18H24N4O4. The van der Waals surface area contributed by atoms with Crippen LogP contribution in [0.25, 0.3) is 0 Å². The second kappa shape index (κ2) is 7.72. The van der Waals surface area contributed by atoms with Gasteiger partial charge in [-0.15, -0.1) is 0 Å². The molecule has 1 aromatic carbocycles. The first-order chi connectivity index (χ1) is 12.5. The number of amides is 2. The molecule has 8 nitrogen and oxygen atoms in total. The molecule has 0 atom stereocenters. The summed E-state index contributed by atoms with van der Waals surface area (Å²) in [6, 6.07) is 4.90.